The minimum Gasteiger partial charge on any atom is -0.510 e. The third-order valence-corrected chi connectivity index (χ3v) is 9.04. The maximum atomic E-state index is 15.9. The number of carbonyl (C=O) groups is 3. The van der Waals surface area contributed by atoms with Crippen LogP contribution in [0, 0.1) is 17.7 Å². The minimum absolute atomic E-state index is 0.0423. The Kier molecular flexibility index (Phi) is 6.60. The van der Waals surface area contributed by atoms with E-state index in [1.807, 2.05) is 11.8 Å². The number of phenolic OH excluding ortho intramolecular Hbond substituents is 1. The largest absolute Gasteiger partial charge is 0.510 e. The molecule has 10 nitrogen and oxygen atoms in total. The van der Waals surface area contributed by atoms with E-state index >= 15 is 4.39 Å². The molecule has 210 valence electrons. The normalized spacial score (nSPS) is 28.5. The number of ketones is 2. The summed E-state index contributed by atoms with van der Waals surface area (Å²) in [4.78, 5) is 43.0. The van der Waals surface area contributed by atoms with E-state index in [2.05, 4.69) is 0 Å². The summed E-state index contributed by atoms with van der Waals surface area (Å²) >= 11 is 0. The van der Waals surface area contributed by atoms with E-state index in [1.165, 1.54) is 0 Å². The maximum absolute atomic E-state index is 15.9. The topological polar surface area (TPSA) is 165 Å². The molecule has 0 saturated heterocycles. The summed E-state index contributed by atoms with van der Waals surface area (Å²) in [6, 6.07) is -1.08. The van der Waals surface area contributed by atoms with Crippen molar-refractivity contribution in [2.24, 2.45) is 17.6 Å². The number of hydrogen-bond donors (Lipinski definition) is 5. The molecule has 1 aromatic rings. The highest BCUT2D eigenvalue weighted by Gasteiger charge is 2.63. The number of fused-ring (bicyclic) bond motifs is 4. The number of aliphatic hydroxyl groups is 3. The second kappa shape index (κ2) is 9.42. The molecule has 1 heterocycles. The molecule has 0 spiro atoms. The Morgan fingerprint density at radius 2 is 1.82 bits per heavy atom. The summed E-state index contributed by atoms with van der Waals surface area (Å²) in [7, 11) is 1.61. The fourth-order valence-electron chi connectivity index (χ4n) is 6.93. The number of hydrogen-bond acceptors (Lipinski definition) is 9. The molecule has 4 aliphatic rings. The Morgan fingerprint density at radius 1 is 1.15 bits per heavy atom. The van der Waals surface area contributed by atoms with Gasteiger partial charge in [0.15, 0.2) is 11.4 Å². The summed E-state index contributed by atoms with van der Waals surface area (Å²) < 4.78 is 15.9. The monoisotopic (exact) mass is 543 g/mol. The van der Waals surface area contributed by atoms with E-state index < -0.39 is 63.9 Å². The van der Waals surface area contributed by atoms with Gasteiger partial charge in [-0.2, -0.15) is 0 Å². The minimum atomic E-state index is -2.72. The molecule has 1 aromatic carbocycles. The van der Waals surface area contributed by atoms with E-state index in [-0.39, 0.29) is 41.8 Å². The van der Waals surface area contributed by atoms with Gasteiger partial charge in [0.05, 0.1) is 11.6 Å². The number of nitrogens with zero attached hydrogens (tertiary/aromatic N) is 2. The van der Waals surface area contributed by atoms with Crippen molar-refractivity contribution in [1.29, 1.82) is 0 Å². The van der Waals surface area contributed by atoms with Crippen molar-refractivity contribution in [3.63, 3.8) is 0 Å². The van der Waals surface area contributed by atoms with Crippen molar-refractivity contribution in [2.75, 3.05) is 20.1 Å². The number of halogens is 1. The molecule has 0 bridgehead atoms. The fraction of sp³-hybridized carbons (Fsp3) is 0.536. The second-order valence-corrected chi connectivity index (χ2v) is 11.1. The molecule has 39 heavy (non-hydrogen) atoms. The lowest BCUT2D eigenvalue weighted by atomic mass is 9.58. The van der Waals surface area contributed by atoms with Crippen LogP contribution >= 0.6 is 0 Å². The predicted octanol–water partition coefficient (Wildman–Crippen LogP) is 1.77. The average molecular weight is 544 g/mol. The number of nitrogens with two attached hydrogens (primary N) is 1. The van der Waals surface area contributed by atoms with Gasteiger partial charge in [-0.15, -0.1) is 0 Å². The van der Waals surface area contributed by atoms with Crippen LogP contribution in [0.2, 0.25) is 0 Å². The third kappa shape index (κ3) is 3.66. The van der Waals surface area contributed by atoms with Crippen molar-refractivity contribution in [1.82, 2.24) is 9.80 Å². The molecule has 1 aliphatic heterocycles. The molecule has 0 aromatic heterocycles. The summed E-state index contributed by atoms with van der Waals surface area (Å²) in [6.45, 7) is 5.44. The lowest BCUT2D eigenvalue weighted by Gasteiger charge is -2.50. The molecule has 0 unspecified atom stereocenters. The number of likely N-dealkylation sites (N-methyl/N-ethyl adjacent to an activating group) is 1. The number of unbranched alkanes of at least 4 members (excludes halogenated alkanes) is 1. The van der Waals surface area contributed by atoms with Crippen molar-refractivity contribution in [3.8, 4) is 5.75 Å². The van der Waals surface area contributed by atoms with Gasteiger partial charge in [0.25, 0.3) is 5.91 Å². The molecule has 0 fully saturated rings. The van der Waals surface area contributed by atoms with Crippen LogP contribution in [-0.4, -0.2) is 79.5 Å². The number of allylic oxidation sites excluding steroid dienone is 1. The lowest BCUT2D eigenvalue weighted by Crippen LogP contribution is -2.64. The zero-order chi connectivity index (χ0) is 28.5. The highest BCUT2D eigenvalue weighted by molar-refractivity contribution is 6.24. The summed E-state index contributed by atoms with van der Waals surface area (Å²) in [6.07, 6.45) is 1.72. The van der Waals surface area contributed by atoms with Gasteiger partial charge in [-0.25, -0.2) is 4.39 Å². The number of phenols is 1. The van der Waals surface area contributed by atoms with Crippen LogP contribution in [0.3, 0.4) is 0 Å². The summed E-state index contributed by atoms with van der Waals surface area (Å²) in [5.74, 6) is -7.88. The van der Waals surface area contributed by atoms with Gasteiger partial charge in [-0.05, 0) is 45.3 Å². The van der Waals surface area contributed by atoms with Crippen molar-refractivity contribution in [3.05, 3.63) is 50.7 Å². The zero-order valence-electron chi connectivity index (χ0n) is 22.3. The molecule has 0 saturated carbocycles. The number of Topliss-reactive ketones (excluding diaryl/α,β-unsaturated/α-hetero) is 2. The highest BCUT2D eigenvalue weighted by Crippen LogP contribution is 2.53. The molecule has 5 rings (SSSR count). The molecular formula is C28H34FN3O7. The van der Waals surface area contributed by atoms with Crippen molar-refractivity contribution < 1.29 is 39.2 Å². The van der Waals surface area contributed by atoms with Gasteiger partial charge in [0.2, 0.25) is 5.78 Å². The molecule has 0 radical (unpaired) electrons. The first-order chi connectivity index (χ1) is 18.4. The molecule has 6 N–H and O–H groups in total. The lowest BCUT2D eigenvalue weighted by molar-refractivity contribution is -0.148. The van der Waals surface area contributed by atoms with Gasteiger partial charge in [0.1, 0.15) is 28.7 Å². The van der Waals surface area contributed by atoms with Crippen LogP contribution in [0.5, 0.6) is 5.75 Å². The van der Waals surface area contributed by atoms with Crippen LogP contribution in [0.4, 0.5) is 4.39 Å². The Hall–Kier alpha value is -3.28. The zero-order valence-corrected chi connectivity index (χ0v) is 22.3. The number of benzene rings is 1. The number of carbonyl (C=O) groups excluding carboxylic acids is 3. The quantitative estimate of drug-likeness (QED) is 0.336. The molecule has 3 aliphatic carbocycles. The molecule has 11 heteroatoms. The van der Waals surface area contributed by atoms with Crippen LogP contribution < -0.4 is 5.73 Å². The Morgan fingerprint density at radius 3 is 2.44 bits per heavy atom. The summed E-state index contributed by atoms with van der Waals surface area (Å²) in [5.41, 5.74) is 1.96. The first kappa shape index (κ1) is 27.3. The highest BCUT2D eigenvalue weighted by atomic mass is 19.1. The van der Waals surface area contributed by atoms with Gasteiger partial charge in [0, 0.05) is 41.3 Å². The van der Waals surface area contributed by atoms with Gasteiger partial charge < -0.3 is 26.2 Å². The number of aliphatic hydroxyl groups excluding tert-OH is 2. The number of aromatic hydroxyl groups is 1. The molecule has 1 amide bonds. The SMILES string of the molecule is CCCCN1Cc2c(O)c3c(c(F)c2C1)C[C@H]1C[C@H]2[C@H](N(C)CC)C(O)=C(C(N)=O)C(=O)[C@@]2(O)C(O)=C1C3=O. The number of primary amides is 1. The van der Waals surface area contributed by atoms with Gasteiger partial charge >= 0.3 is 0 Å². The van der Waals surface area contributed by atoms with E-state index in [4.69, 9.17) is 5.73 Å². The predicted molar refractivity (Wildman–Crippen MR) is 137 cm³/mol. The van der Waals surface area contributed by atoms with E-state index in [0.29, 0.717) is 30.8 Å². The Balaban J connectivity index is 1.66. The van der Waals surface area contributed by atoms with Crippen LogP contribution in [0.25, 0.3) is 0 Å². The van der Waals surface area contributed by atoms with E-state index in [0.717, 1.165) is 12.8 Å². The number of amides is 1. The first-order valence-corrected chi connectivity index (χ1v) is 13.4. The maximum Gasteiger partial charge on any atom is 0.255 e. The first-order valence-electron chi connectivity index (χ1n) is 13.4. The van der Waals surface area contributed by atoms with Crippen LogP contribution in [0.15, 0.2) is 22.7 Å². The Labute approximate surface area is 225 Å². The van der Waals surface area contributed by atoms with E-state index in [9.17, 15) is 34.8 Å². The smallest absolute Gasteiger partial charge is 0.255 e. The fourth-order valence-corrected chi connectivity index (χ4v) is 6.93. The standard InChI is InChI=1S/C28H34FN3O7/c1-4-6-7-32-10-14-15(11-32)22(33)18-13(20(14)29)8-12-9-16-21(31(3)5-2)24(35)19(27(30)38)26(37)28(16,39)25(36)17(12)23(18)34/h12,16,21,33,35-36,39H,4-11H2,1-3H3,(H2,30,38)/t12-,16-,21-,28-/m0/s1. The van der Waals surface area contributed by atoms with Crippen molar-refractivity contribution >= 4 is 17.5 Å². The van der Waals surface area contributed by atoms with E-state index in [1.54, 1.807) is 18.9 Å². The summed E-state index contributed by atoms with van der Waals surface area (Å²) in [5, 5.41) is 45.2. The number of rotatable bonds is 6. The van der Waals surface area contributed by atoms with Gasteiger partial charge in [-0.1, -0.05) is 20.3 Å². The third-order valence-electron chi connectivity index (χ3n) is 9.04. The molecular weight excluding hydrogens is 509 g/mol. The van der Waals surface area contributed by atoms with Crippen molar-refractivity contribution in [2.45, 2.75) is 64.3 Å². The average Bonchev–Trinajstić information content (AvgIpc) is 3.32. The Bertz CT molecular complexity index is 1370. The van der Waals surface area contributed by atoms with Gasteiger partial charge in [-0.3, -0.25) is 24.2 Å². The van der Waals surface area contributed by atoms with Crippen LogP contribution in [0.1, 0.15) is 60.2 Å². The second-order valence-electron chi connectivity index (χ2n) is 11.1. The van der Waals surface area contributed by atoms with Crippen LogP contribution in [-0.2, 0) is 29.1 Å². The molecule has 4 atom stereocenters.